The highest BCUT2D eigenvalue weighted by Crippen LogP contribution is 2.33. The van der Waals surface area contributed by atoms with Crippen molar-refractivity contribution in [1.82, 2.24) is 0 Å². The van der Waals surface area contributed by atoms with Crippen molar-refractivity contribution < 1.29 is 17.9 Å². The molecule has 0 saturated carbocycles. The molecule has 1 amide bonds. The lowest BCUT2D eigenvalue weighted by atomic mass is 10.2. The van der Waals surface area contributed by atoms with E-state index in [1.54, 1.807) is 24.3 Å². The van der Waals surface area contributed by atoms with Crippen LogP contribution in [0, 0.1) is 6.92 Å². The van der Waals surface area contributed by atoms with Gasteiger partial charge in [0.1, 0.15) is 5.75 Å². The minimum atomic E-state index is -4.23. The van der Waals surface area contributed by atoms with E-state index in [1.807, 2.05) is 6.92 Å². The summed E-state index contributed by atoms with van der Waals surface area (Å²) in [5.41, 5.74) is 1.10. The van der Waals surface area contributed by atoms with E-state index in [-0.39, 0.29) is 21.2 Å². The Hall–Kier alpha value is -2.54. The summed E-state index contributed by atoms with van der Waals surface area (Å²) in [6.07, 6.45) is 0. The summed E-state index contributed by atoms with van der Waals surface area (Å²) in [5, 5.41) is 0.490. The third kappa shape index (κ3) is 4.40. The number of hydrogen-bond donors (Lipinski definition) is 0. The molecule has 0 N–H and O–H groups in total. The SMILES string of the molecule is COc1ccc(N(C(=O)c2cccc(Cl)c2)S(=O)(=O)c2ccc(C)cc2)cc1Cl. The standard InChI is InChI=1S/C21H17Cl2NO4S/c1-14-6-9-18(10-7-14)29(26,27)24(17-8-11-20(28-2)19(23)13-17)21(25)15-4-3-5-16(22)12-15/h3-13H,1-2H3. The number of anilines is 1. The molecule has 0 atom stereocenters. The molecule has 0 unspecified atom stereocenters. The molecule has 3 aromatic carbocycles. The summed E-state index contributed by atoms with van der Waals surface area (Å²) in [5.74, 6) is -0.396. The van der Waals surface area contributed by atoms with Gasteiger partial charge in [-0.05, 0) is 55.5 Å². The van der Waals surface area contributed by atoms with Crippen LogP contribution in [-0.2, 0) is 10.0 Å². The van der Waals surface area contributed by atoms with Gasteiger partial charge in [-0.1, -0.05) is 47.0 Å². The van der Waals surface area contributed by atoms with Gasteiger partial charge in [0.25, 0.3) is 15.9 Å². The van der Waals surface area contributed by atoms with Crippen LogP contribution in [0.1, 0.15) is 15.9 Å². The zero-order valence-electron chi connectivity index (χ0n) is 15.6. The molecule has 8 heteroatoms. The Morgan fingerprint density at radius 1 is 0.966 bits per heavy atom. The van der Waals surface area contributed by atoms with Crippen molar-refractivity contribution in [1.29, 1.82) is 0 Å². The smallest absolute Gasteiger partial charge is 0.272 e. The lowest BCUT2D eigenvalue weighted by Gasteiger charge is -2.23. The van der Waals surface area contributed by atoms with Crippen LogP contribution < -0.4 is 9.04 Å². The first kappa shape index (κ1) is 21.2. The van der Waals surface area contributed by atoms with Crippen LogP contribution in [0.25, 0.3) is 0 Å². The predicted molar refractivity (Wildman–Crippen MR) is 115 cm³/mol. The van der Waals surface area contributed by atoms with Crippen LogP contribution >= 0.6 is 23.2 Å². The number of rotatable bonds is 5. The molecule has 0 aliphatic rings. The van der Waals surface area contributed by atoms with Crippen molar-refractivity contribution in [3.8, 4) is 5.75 Å². The van der Waals surface area contributed by atoms with Gasteiger partial charge in [-0.25, -0.2) is 8.42 Å². The first-order valence-electron chi connectivity index (χ1n) is 8.49. The Balaban J connectivity index is 2.19. The van der Waals surface area contributed by atoms with Gasteiger partial charge in [-0.15, -0.1) is 0 Å². The average molecular weight is 450 g/mol. The van der Waals surface area contributed by atoms with Gasteiger partial charge in [-0.2, -0.15) is 4.31 Å². The van der Waals surface area contributed by atoms with E-state index in [0.29, 0.717) is 15.1 Å². The number of sulfonamides is 1. The van der Waals surface area contributed by atoms with E-state index in [9.17, 15) is 13.2 Å². The Kier molecular flexibility index (Phi) is 6.17. The summed E-state index contributed by atoms with van der Waals surface area (Å²) in [6, 6.07) is 16.6. The van der Waals surface area contributed by atoms with E-state index < -0.39 is 15.9 Å². The molecule has 29 heavy (non-hydrogen) atoms. The van der Waals surface area contributed by atoms with Crippen molar-refractivity contribution in [2.75, 3.05) is 11.4 Å². The number of nitrogens with zero attached hydrogens (tertiary/aromatic N) is 1. The summed E-state index contributed by atoms with van der Waals surface area (Å²) >= 11 is 12.2. The lowest BCUT2D eigenvalue weighted by Crippen LogP contribution is -2.37. The molecule has 0 aromatic heterocycles. The van der Waals surface area contributed by atoms with E-state index in [4.69, 9.17) is 27.9 Å². The molecule has 0 saturated heterocycles. The van der Waals surface area contributed by atoms with E-state index >= 15 is 0 Å². The Bertz CT molecular complexity index is 1160. The van der Waals surface area contributed by atoms with Crippen LogP contribution in [0.5, 0.6) is 5.75 Å². The fourth-order valence-electron chi connectivity index (χ4n) is 2.70. The fraction of sp³-hybridized carbons (Fsp3) is 0.0952. The maximum absolute atomic E-state index is 13.4. The highest BCUT2D eigenvalue weighted by Gasteiger charge is 2.32. The van der Waals surface area contributed by atoms with Crippen LogP contribution in [0.4, 0.5) is 5.69 Å². The van der Waals surface area contributed by atoms with Crippen LogP contribution in [0.2, 0.25) is 10.0 Å². The second-order valence-corrected chi connectivity index (χ2v) is 8.85. The van der Waals surface area contributed by atoms with Crippen LogP contribution in [-0.4, -0.2) is 21.4 Å². The number of aryl methyl sites for hydroxylation is 1. The lowest BCUT2D eigenvalue weighted by molar-refractivity contribution is 0.101. The van der Waals surface area contributed by atoms with Crippen molar-refractivity contribution in [3.05, 3.63) is 87.9 Å². The number of halogens is 2. The van der Waals surface area contributed by atoms with Crippen molar-refractivity contribution in [2.45, 2.75) is 11.8 Å². The number of hydrogen-bond acceptors (Lipinski definition) is 4. The Labute approximate surface area is 179 Å². The number of carbonyl (C=O) groups excluding carboxylic acids is 1. The minimum Gasteiger partial charge on any atom is -0.495 e. The molecular formula is C21H17Cl2NO4S. The number of ether oxygens (including phenoxy) is 1. The summed E-state index contributed by atoms with van der Waals surface area (Å²) in [4.78, 5) is 13.2. The molecule has 5 nitrogen and oxygen atoms in total. The molecule has 0 heterocycles. The Morgan fingerprint density at radius 2 is 1.66 bits per heavy atom. The highest BCUT2D eigenvalue weighted by atomic mass is 35.5. The number of benzene rings is 3. The van der Waals surface area contributed by atoms with Crippen molar-refractivity contribution >= 4 is 44.8 Å². The van der Waals surface area contributed by atoms with Crippen molar-refractivity contribution in [2.24, 2.45) is 0 Å². The van der Waals surface area contributed by atoms with Gasteiger partial charge in [0.15, 0.2) is 0 Å². The van der Waals surface area contributed by atoms with Gasteiger partial charge in [0.2, 0.25) is 0 Å². The van der Waals surface area contributed by atoms with E-state index in [0.717, 1.165) is 5.56 Å². The van der Waals surface area contributed by atoms with Crippen LogP contribution in [0.3, 0.4) is 0 Å². The second-order valence-electron chi connectivity index (χ2n) is 6.22. The fourth-order valence-corrected chi connectivity index (χ4v) is 4.55. The average Bonchev–Trinajstić information content (AvgIpc) is 2.68. The zero-order chi connectivity index (χ0) is 21.2. The molecule has 3 aromatic rings. The zero-order valence-corrected chi connectivity index (χ0v) is 17.9. The Morgan fingerprint density at radius 3 is 2.24 bits per heavy atom. The molecule has 0 bridgehead atoms. The molecule has 0 spiro atoms. The first-order valence-corrected chi connectivity index (χ1v) is 10.7. The topological polar surface area (TPSA) is 63.7 Å². The van der Waals surface area contributed by atoms with E-state index in [2.05, 4.69) is 0 Å². The first-order chi connectivity index (χ1) is 13.7. The van der Waals surface area contributed by atoms with Gasteiger partial charge in [-0.3, -0.25) is 4.79 Å². The molecular weight excluding hydrogens is 433 g/mol. The highest BCUT2D eigenvalue weighted by molar-refractivity contribution is 7.93. The van der Waals surface area contributed by atoms with Crippen molar-refractivity contribution in [3.63, 3.8) is 0 Å². The maximum atomic E-state index is 13.4. The maximum Gasteiger partial charge on any atom is 0.272 e. The van der Waals surface area contributed by atoms with Crippen LogP contribution in [0.15, 0.2) is 71.6 Å². The third-order valence-corrected chi connectivity index (χ3v) is 6.44. The number of carbonyl (C=O) groups is 1. The molecule has 0 aliphatic heterocycles. The molecule has 3 rings (SSSR count). The van der Waals surface area contributed by atoms with E-state index in [1.165, 1.54) is 49.6 Å². The summed E-state index contributed by atoms with van der Waals surface area (Å²) < 4.78 is 32.7. The van der Waals surface area contributed by atoms with Gasteiger partial charge in [0, 0.05) is 10.6 Å². The van der Waals surface area contributed by atoms with Gasteiger partial charge < -0.3 is 4.74 Å². The molecule has 0 radical (unpaired) electrons. The van der Waals surface area contributed by atoms with Gasteiger partial charge in [0.05, 0.1) is 22.7 Å². The normalized spacial score (nSPS) is 11.2. The third-order valence-electron chi connectivity index (χ3n) is 4.19. The molecule has 0 fully saturated rings. The second kappa shape index (κ2) is 8.45. The largest absolute Gasteiger partial charge is 0.495 e. The monoisotopic (exact) mass is 449 g/mol. The molecule has 150 valence electrons. The summed E-state index contributed by atoms with van der Waals surface area (Å²) in [7, 11) is -2.78. The minimum absolute atomic E-state index is 0.0228. The molecule has 0 aliphatic carbocycles. The number of methoxy groups -OCH3 is 1. The predicted octanol–water partition coefficient (Wildman–Crippen LogP) is 5.35. The number of amides is 1. The summed E-state index contributed by atoms with van der Waals surface area (Å²) in [6.45, 7) is 1.84. The van der Waals surface area contributed by atoms with Gasteiger partial charge >= 0.3 is 0 Å². The quantitative estimate of drug-likeness (QED) is 0.526.